The van der Waals surface area contributed by atoms with Gasteiger partial charge in [-0.15, -0.1) is 0 Å². The van der Waals surface area contributed by atoms with Crippen LogP contribution in [0.1, 0.15) is 114 Å². The van der Waals surface area contributed by atoms with Crippen molar-refractivity contribution in [3.8, 4) is 17.2 Å². The van der Waals surface area contributed by atoms with Gasteiger partial charge in [0.05, 0.1) is 12.5 Å². The second-order valence-electron chi connectivity index (χ2n) is 13.3. The summed E-state index contributed by atoms with van der Waals surface area (Å²) in [4.78, 5) is 11.6. The average molecular weight is 729 g/mol. The van der Waals surface area contributed by atoms with E-state index in [1.165, 1.54) is 0 Å². The van der Waals surface area contributed by atoms with Gasteiger partial charge in [-0.3, -0.25) is 4.79 Å². The fourth-order valence-electron chi connectivity index (χ4n) is 6.91. The number of carboxylic acids is 1. The van der Waals surface area contributed by atoms with E-state index in [9.17, 15) is 59.6 Å². The van der Waals surface area contributed by atoms with Crippen molar-refractivity contribution in [2.24, 2.45) is 5.92 Å². The van der Waals surface area contributed by atoms with Gasteiger partial charge in [0.1, 0.15) is 17.2 Å². The Balaban J connectivity index is 1.52. The second kappa shape index (κ2) is 16.8. The summed E-state index contributed by atoms with van der Waals surface area (Å²) in [5.41, 5.74) is 1.68. The predicted molar refractivity (Wildman–Crippen MR) is 168 cm³/mol. The lowest BCUT2D eigenvalue weighted by Gasteiger charge is -2.46. The van der Waals surface area contributed by atoms with Crippen LogP contribution in [0.15, 0.2) is 42.5 Å². The lowest BCUT2D eigenvalue weighted by Crippen LogP contribution is -2.60. The zero-order valence-corrected chi connectivity index (χ0v) is 27.9. The molecular weight excluding hydrogens is 683 g/mol. The summed E-state index contributed by atoms with van der Waals surface area (Å²) in [6.45, 7) is 2.52. The second-order valence-corrected chi connectivity index (χ2v) is 13.3. The van der Waals surface area contributed by atoms with Crippen molar-refractivity contribution >= 4 is 5.97 Å². The van der Waals surface area contributed by atoms with E-state index in [4.69, 9.17) is 4.74 Å². The molecule has 1 aliphatic heterocycles. The molecule has 0 aliphatic carbocycles. The highest BCUT2D eigenvalue weighted by Gasteiger charge is 2.81. The third-order valence-electron chi connectivity index (χ3n) is 9.84. The van der Waals surface area contributed by atoms with E-state index >= 15 is 0 Å². The summed E-state index contributed by atoms with van der Waals surface area (Å²) in [5.74, 6) is -21.1. The van der Waals surface area contributed by atoms with Gasteiger partial charge in [0, 0.05) is 23.8 Å². The number of benzene rings is 2. The molecule has 0 saturated carbocycles. The number of alkyl halides is 9. The number of hydrogen-bond acceptors (Lipinski definition) is 4. The zero-order valence-electron chi connectivity index (χ0n) is 27.9. The highest BCUT2D eigenvalue weighted by atomic mass is 19.4. The van der Waals surface area contributed by atoms with Crippen LogP contribution in [0.25, 0.3) is 0 Å². The predicted octanol–water partition coefficient (Wildman–Crippen LogP) is 11.2. The summed E-state index contributed by atoms with van der Waals surface area (Å²) >= 11 is 0. The monoisotopic (exact) mass is 728 g/mol. The van der Waals surface area contributed by atoms with Crippen LogP contribution in [0.2, 0.25) is 0 Å². The molecule has 3 rings (SSSR count). The molecule has 14 heteroatoms. The number of ether oxygens (including phenoxy) is 1. The van der Waals surface area contributed by atoms with Crippen molar-refractivity contribution in [2.75, 3.05) is 6.61 Å². The molecule has 5 nitrogen and oxygen atoms in total. The molecule has 0 fully saturated rings. The lowest BCUT2D eigenvalue weighted by atomic mass is 9.62. The Labute approximate surface area is 285 Å². The first-order chi connectivity index (χ1) is 23.3. The van der Waals surface area contributed by atoms with Gasteiger partial charge < -0.3 is 20.1 Å². The summed E-state index contributed by atoms with van der Waals surface area (Å²) in [6.07, 6.45) is -2.71. The maximum atomic E-state index is 13.8. The van der Waals surface area contributed by atoms with E-state index in [2.05, 4.69) is 6.92 Å². The number of unbranched alkanes of at least 4 members (excludes halogenated alkanes) is 6. The molecular formula is C36H45F9O5. The van der Waals surface area contributed by atoms with E-state index in [0.717, 1.165) is 62.5 Å². The molecule has 2 aromatic carbocycles. The van der Waals surface area contributed by atoms with Gasteiger partial charge in [-0.2, -0.15) is 39.5 Å². The lowest BCUT2D eigenvalue weighted by molar-refractivity contribution is -0.396. The Morgan fingerprint density at radius 1 is 0.800 bits per heavy atom. The summed E-state index contributed by atoms with van der Waals surface area (Å²) in [7, 11) is 0. The zero-order chi connectivity index (χ0) is 37.4. The largest absolute Gasteiger partial charge is 0.508 e. The van der Waals surface area contributed by atoms with E-state index in [1.807, 2.05) is 18.2 Å². The SMILES string of the molecule is CCCCC1(c2ccc(O)cc2)COc2cc(O)ccc2C1CCCCCCCCC(CCCC(F)(F)C(F)(F)C(F)(F)C(F)(F)F)C(=O)O. The molecule has 0 amide bonds. The molecule has 0 aromatic heterocycles. The van der Waals surface area contributed by atoms with Crippen LogP contribution in [0.3, 0.4) is 0 Å². The summed E-state index contributed by atoms with van der Waals surface area (Å²) in [5, 5.41) is 29.4. The quantitative estimate of drug-likeness (QED) is 0.0933. The number of halogens is 9. The summed E-state index contributed by atoms with van der Waals surface area (Å²) < 4.78 is 124. The Morgan fingerprint density at radius 3 is 1.98 bits per heavy atom. The van der Waals surface area contributed by atoms with Crippen LogP contribution in [0, 0.1) is 5.92 Å². The first kappa shape index (κ1) is 41.1. The van der Waals surface area contributed by atoms with Crippen molar-refractivity contribution < 1.29 is 64.4 Å². The molecule has 0 saturated heterocycles. The molecule has 3 N–H and O–H groups in total. The number of carbonyl (C=O) groups is 1. The third-order valence-corrected chi connectivity index (χ3v) is 9.84. The topological polar surface area (TPSA) is 87.0 Å². The number of carboxylic acid groups (broad SMARTS) is 1. The van der Waals surface area contributed by atoms with E-state index < -0.39 is 55.1 Å². The third kappa shape index (κ3) is 9.31. The Hall–Kier alpha value is -3.32. The van der Waals surface area contributed by atoms with E-state index in [-0.39, 0.29) is 29.3 Å². The van der Waals surface area contributed by atoms with Gasteiger partial charge in [-0.1, -0.05) is 76.5 Å². The molecule has 2 aromatic rings. The number of aromatic hydroxyl groups is 2. The molecule has 0 radical (unpaired) electrons. The minimum absolute atomic E-state index is 0.00822. The number of fused-ring (bicyclic) bond motifs is 1. The molecule has 0 bridgehead atoms. The van der Waals surface area contributed by atoms with Gasteiger partial charge in [-0.25, -0.2) is 0 Å². The van der Waals surface area contributed by atoms with Crippen molar-refractivity contribution in [1.82, 2.24) is 0 Å². The first-order valence-electron chi connectivity index (χ1n) is 17.0. The highest BCUT2D eigenvalue weighted by Crippen LogP contribution is 2.55. The van der Waals surface area contributed by atoms with Crippen LogP contribution >= 0.6 is 0 Å². The van der Waals surface area contributed by atoms with E-state index in [0.29, 0.717) is 25.2 Å². The molecule has 50 heavy (non-hydrogen) atoms. The Bertz CT molecular complexity index is 1380. The van der Waals surface area contributed by atoms with Crippen LogP contribution in [0.4, 0.5) is 39.5 Å². The number of aliphatic carboxylic acids is 1. The van der Waals surface area contributed by atoms with Gasteiger partial charge in [0.15, 0.2) is 0 Å². The van der Waals surface area contributed by atoms with Crippen LogP contribution in [0.5, 0.6) is 17.2 Å². The van der Waals surface area contributed by atoms with Crippen molar-refractivity contribution in [2.45, 2.75) is 132 Å². The maximum Gasteiger partial charge on any atom is 0.460 e. The number of hydrogen-bond donors (Lipinski definition) is 3. The molecule has 3 atom stereocenters. The molecule has 0 spiro atoms. The van der Waals surface area contributed by atoms with Gasteiger partial charge in [0.2, 0.25) is 0 Å². The first-order valence-corrected chi connectivity index (χ1v) is 17.0. The molecule has 1 aliphatic rings. The normalized spacial score (nSPS) is 19.1. The van der Waals surface area contributed by atoms with Crippen molar-refractivity contribution in [3.63, 3.8) is 0 Å². The summed E-state index contributed by atoms with van der Waals surface area (Å²) in [6, 6.07) is 12.3. The number of phenolic OH excluding ortho intramolecular Hbond substituents is 2. The standard InChI is InChI=1S/C36H45F9O5/c1-2-3-20-32(25-14-16-26(46)17-15-25)23-50-30-22-27(47)18-19-28(30)29(32)13-9-7-5-4-6-8-11-24(31(48)49)12-10-21-33(37,38)34(39,40)35(41,42)36(43,44)45/h14-19,22,24,29,46-47H,2-13,20-21,23H2,1H3,(H,48,49). The van der Waals surface area contributed by atoms with Crippen LogP contribution in [-0.2, 0) is 10.2 Å². The minimum atomic E-state index is -6.96. The average Bonchev–Trinajstić information content (AvgIpc) is 3.03. The fraction of sp³-hybridized carbons (Fsp3) is 0.639. The van der Waals surface area contributed by atoms with Crippen molar-refractivity contribution in [1.29, 1.82) is 0 Å². The Kier molecular flexibility index (Phi) is 13.8. The van der Waals surface area contributed by atoms with Crippen molar-refractivity contribution in [3.05, 3.63) is 53.6 Å². The molecule has 1 heterocycles. The minimum Gasteiger partial charge on any atom is -0.508 e. The smallest absolute Gasteiger partial charge is 0.460 e. The number of phenols is 2. The maximum absolute atomic E-state index is 13.8. The Morgan fingerprint density at radius 2 is 1.38 bits per heavy atom. The van der Waals surface area contributed by atoms with Crippen LogP contribution in [-0.4, -0.2) is 51.8 Å². The van der Waals surface area contributed by atoms with Gasteiger partial charge >= 0.3 is 29.9 Å². The number of rotatable bonds is 20. The molecule has 282 valence electrons. The highest BCUT2D eigenvalue weighted by molar-refractivity contribution is 5.69. The van der Waals surface area contributed by atoms with Gasteiger partial charge in [-0.05, 0) is 61.4 Å². The molecule has 3 unspecified atom stereocenters. The van der Waals surface area contributed by atoms with Gasteiger partial charge in [0.25, 0.3) is 0 Å². The van der Waals surface area contributed by atoms with Crippen LogP contribution < -0.4 is 4.74 Å². The fourth-order valence-corrected chi connectivity index (χ4v) is 6.91. The van der Waals surface area contributed by atoms with E-state index in [1.54, 1.807) is 24.3 Å².